The molecule has 25 heavy (non-hydrogen) atoms. The predicted molar refractivity (Wildman–Crippen MR) is 101 cm³/mol. The molecule has 2 aliphatic rings. The number of carbonyl (C=O) groups is 1. The SMILES string of the molecule is Cc1cc(N2CCOCC2)nc(C)c1NC(=O)CCC1CCCCC1. The third-order valence-corrected chi connectivity index (χ3v) is 5.49. The Balaban J connectivity index is 1.58. The highest BCUT2D eigenvalue weighted by Gasteiger charge is 2.18. The lowest BCUT2D eigenvalue weighted by atomic mass is 9.86. The molecule has 0 bridgehead atoms. The molecule has 3 rings (SSSR count). The second-order valence-corrected chi connectivity index (χ2v) is 7.45. The van der Waals surface area contributed by atoms with Gasteiger partial charge in [0.05, 0.1) is 24.6 Å². The van der Waals surface area contributed by atoms with Gasteiger partial charge >= 0.3 is 0 Å². The number of aromatic nitrogens is 1. The topological polar surface area (TPSA) is 54.5 Å². The van der Waals surface area contributed by atoms with Crippen molar-refractivity contribution in [3.63, 3.8) is 0 Å². The summed E-state index contributed by atoms with van der Waals surface area (Å²) in [4.78, 5) is 19.3. The minimum Gasteiger partial charge on any atom is -0.378 e. The monoisotopic (exact) mass is 345 g/mol. The first kappa shape index (κ1) is 18.2. The molecule has 0 atom stereocenters. The standard InChI is InChI=1S/C20H31N3O2/c1-15-14-18(23-10-12-25-13-11-23)21-16(2)20(15)22-19(24)9-8-17-6-4-3-5-7-17/h14,17H,3-13H2,1-2H3,(H,22,24). The van der Waals surface area contributed by atoms with E-state index in [9.17, 15) is 4.79 Å². The Hall–Kier alpha value is -1.62. The molecule has 0 radical (unpaired) electrons. The fourth-order valence-electron chi connectivity index (χ4n) is 3.97. The first-order valence-electron chi connectivity index (χ1n) is 9.74. The van der Waals surface area contributed by atoms with Crippen molar-refractivity contribution in [2.24, 2.45) is 5.92 Å². The molecule has 1 aliphatic carbocycles. The number of hydrogen-bond donors (Lipinski definition) is 1. The lowest BCUT2D eigenvalue weighted by molar-refractivity contribution is -0.116. The molecule has 1 N–H and O–H groups in total. The van der Waals surface area contributed by atoms with Gasteiger partial charge < -0.3 is 15.0 Å². The van der Waals surface area contributed by atoms with Gasteiger partial charge in [-0.3, -0.25) is 4.79 Å². The highest BCUT2D eigenvalue weighted by atomic mass is 16.5. The van der Waals surface area contributed by atoms with Crippen molar-refractivity contribution < 1.29 is 9.53 Å². The summed E-state index contributed by atoms with van der Waals surface area (Å²) in [6.45, 7) is 7.28. The second-order valence-electron chi connectivity index (χ2n) is 7.45. The summed E-state index contributed by atoms with van der Waals surface area (Å²) in [5.41, 5.74) is 2.86. The third kappa shape index (κ3) is 4.94. The van der Waals surface area contributed by atoms with Gasteiger partial charge in [-0.2, -0.15) is 0 Å². The van der Waals surface area contributed by atoms with E-state index in [1.165, 1.54) is 32.1 Å². The molecule has 1 aromatic heterocycles. The summed E-state index contributed by atoms with van der Waals surface area (Å²) in [6, 6.07) is 2.08. The molecule has 138 valence electrons. The molecular weight excluding hydrogens is 314 g/mol. The van der Waals surface area contributed by atoms with E-state index < -0.39 is 0 Å². The van der Waals surface area contributed by atoms with Gasteiger partial charge in [0.2, 0.25) is 5.91 Å². The molecule has 0 spiro atoms. The molecule has 2 heterocycles. The van der Waals surface area contributed by atoms with Crippen molar-refractivity contribution in [2.45, 2.75) is 58.8 Å². The number of nitrogens with zero attached hydrogens (tertiary/aromatic N) is 2. The Morgan fingerprint density at radius 1 is 1.24 bits per heavy atom. The normalized spacial score (nSPS) is 19.0. The van der Waals surface area contributed by atoms with E-state index in [4.69, 9.17) is 9.72 Å². The number of morpholine rings is 1. The number of hydrogen-bond acceptors (Lipinski definition) is 4. The maximum atomic E-state index is 12.4. The summed E-state index contributed by atoms with van der Waals surface area (Å²) < 4.78 is 5.41. The highest BCUT2D eigenvalue weighted by molar-refractivity contribution is 5.92. The predicted octanol–water partition coefficient (Wildman–Crippen LogP) is 3.83. The van der Waals surface area contributed by atoms with Crippen LogP contribution in [0.1, 0.15) is 56.2 Å². The van der Waals surface area contributed by atoms with E-state index >= 15 is 0 Å². The van der Waals surface area contributed by atoms with E-state index in [2.05, 4.69) is 23.2 Å². The van der Waals surface area contributed by atoms with E-state index in [0.717, 1.165) is 61.4 Å². The number of aryl methyl sites for hydroxylation is 2. The molecule has 1 amide bonds. The Bertz CT molecular complexity index is 568. The zero-order chi connectivity index (χ0) is 17.6. The maximum Gasteiger partial charge on any atom is 0.224 e. The van der Waals surface area contributed by atoms with Crippen LogP contribution in [0.25, 0.3) is 0 Å². The summed E-state index contributed by atoms with van der Waals surface area (Å²) in [7, 11) is 0. The molecule has 2 fully saturated rings. The average Bonchev–Trinajstić information content (AvgIpc) is 2.64. The molecular formula is C20H31N3O2. The lowest BCUT2D eigenvalue weighted by Crippen LogP contribution is -2.37. The first-order valence-corrected chi connectivity index (χ1v) is 9.74. The zero-order valence-corrected chi connectivity index (χ0v) is 15.6. The van der Waals surface area contributed by atoms with E-state index in [-0.39, 0.29) is 5.91 Å². The molecule has 5 heteroatoms. The number of carbonyl (C=O) groups excluding carboxylic acids is 1. The van der Waals surface area contributed by atoms with E-state index in [0.29, 0.717) is 6.42 Å². The fraction of sp³-hybridized carbons (Fsp3) is 0.700. The maximum absolute atomic E-state index is 12.4. The van der Waals surface area contributed by atoms with Crippen molar-refractivity contribution in [1.29, 1.82) is 0 Å². The molecule has 0 aromatic carbocycles. The van der Waals surface area contributed by atoms with Crippen LogP contribution in [0.3, 0.4) is 0 Å². The van der Waals surface area contributed by atoms with Crippen LogP contribution in [-0.4, -0.2) is 37.2 Å². The average molecular weight is 345 g/mol. The van der Waals surface area contributed by atoms with Crippen LogP contribution in [0.15, 0.2) is 6.07 Å². The Morgan fingerprint density at radius 2 is 1.96 bits per heavy atom. The van der Waals surface area contributed by atoms with Gasteiger partial charge in [-0.15, -0.1) is 0 Å². The minimum atomic E-state index is 0.123. The third-order valence-electron chi connectivity index (χ3n) is 5.49. The molecule has 1 aliphatic heterocycles. The largest absolute Gasteiger partial charge is 0.378 e. The van der Waals surface area contributed by atoms with Crippen LogP contribution in [0, 0.1) is 19.8 Å². The van der Waals surface area contributed by atoms with Crippen molar-refractivity contribution in [1.82, 2.24) is 4.98 Å². The molecule has 5 nitrogen and oxygen atoms in total. The van der Waals surface area contributed by atoms with Gasteiger partial charge in [0.15, 0.2) is 0 Å². The van der Waals surface area contributed by atoms with Crippen LogP contribution in [-0.2, 0) is 9.53 Å². The number of pyridine rings is 1. The smallest absolute Gasteiger partial charge is 0.224 e. The van der Waals surface area contributed by atoms with Gasteiger partial charge in [0.1, 0.15) is 5.82 Å². The Morgan fingerprint density at radius 3 is 2.64 bits per heavy atom. The molecule has 1 saturated heterocycles. The van der Waals surface area contributed by atoms with Gasteiger partial charge in [-0.05, 0) is 37.8 Å². The first-order chi connectivity index (χ1) is 12.1. The van der Waals surface area contributed by atoms with Crippen molar-refractivity contribution in [3.05, 3.63) is 17.3 Å². The fourth-order valence-corrected chi connectivity index (χ4v) is 3.97. The number of rotatable bonds is 5. The number of nitrogens with one attached hydrogen (secondary N) is 1. The quantitative estimate of drug-likeness (QED) is 0.881. The van der Waals surface area contributed by atoms with E-state index in [1.54, 1.807) is 0 Å². The number of anilines is 2. The summed E-state index contributed by atoms with van der Waals surface area (Å²) >= 11 is 0. The van der Waals surface area contributed by atoms with Gasteiger partial charge in [0.25, 0.3) is 0 Å². The van der Waals surface area contributed by atoms with Crippen LogP contribution < -0.4 is 10.2 Å². The van der Waals surface area contributed by atoms with E-state index in [1.807, 2.05) is 6.92 Å². The Labute approximate surface area is 151 Å². The van der Waals surface area contributed by atoms with Crippen LogP contribution in [0.4, 0.5) is 11.5 Å². The minimum absolute atomic E-state index is 0.123. The van der Waals surface area contributed by atoms with Crippen molar-refractivity contribution in [3.8, 4) is 0 Å². The second kappa shape index (κ2) is 8.65. The molecule has 1 saturated carbocycles. The van der Waals surface area contributed by atoms with Gasteiger partial charge in [-0.1, -0.05) is 32.1 Å². The summed E-state index contributed by atoms with van der Waals surface area (Å²) in [6.07, 6.45) is 8.25. The summed E-state index contributed by atoms with van der Waals surface area (Å²) in [5, 5.41) is 3.10. The van der Waals surface area contributed by atoms with Gasteiger partial charge in [-0.25, -0.2) is 4.98 Å². The van der Waals surface area contributed by atoms with Crippen LogP contribution >= 0.6 is 0 Å². The van der Waals surface area contributed by atoms with Crippen LogP contribution in [0.5, 0.6) is 0 Å². The number of amides is 1. The highest BCUT2D eigenvalue weighted by Crippen LogP contribution is 2.28. The van der Waals surface area contributed by atoms with Crippen LogP contribution in [0.2, 0.25) is 0 Å². The summed E-state index contributed by atoms with van der Waals surface area (Å²) in [5.74, 6) is 1.85. The molecule has 1 aromatic rings. The Kier molecular flexibility index (Phi) is 6.29. The van der Waals surface area contributed by atoms with Gasteiger partial charge in [0, 0.05) is 19.5 Å². The van der Waals surface area contributed by atoms with Crippen molar-refractivity contribution in [2.75, 3.05) is 36.5 Å². The zero-order valence-electron chi connectivity index (χ0n) is 15.6. The number of ether oxygens (including phenoxy) is 1. The lowest BCUT2D eigenvalue weighted by Gasteiger charge is -2.28. The van der Waals surface area contributed by atoms with Crippen molar-refractivity contribution >= 4 is 17.4 Å². The molecule has 0 unspecified atom stereocenters.